The van der Waals surface area contributed by atoms with Crippen LogP contribution in [0.4, 0.5) is 5.82 Å². The highest BCUT2D eigenvalue weighted by Gasteiger charge is 2.51. The van der Waals surface area contributed by atoms with Crippen molar-refractivity contribution in [2.75, 3.05) is 32.7 Å². The normalized spacial score (nSPS) is 13.3. The molecule has 200 valence electrons. The molecule has 0 amide bonds. The SMILES string of the molecule is CCOC(=O)C(Cc1ccccc1)(OCC(CC(N)n1cnc2c(N)nc(Cl)nc21)OC)C(=O)OCC. The average Bonchev–Trinajstić information content (AvgIpc) is 3.30. The summed E-state index contributed by atoms with van der Waals surface area (Å²) < 4.78 is 23.7. The first-order valence-corrected chi connectivity index (χ1v) is 12.1. The van der Waals surface area contributed by atoms with Crippen molar-refractivity contribution in [3.8, 4) is 0 Å². The molecule has 12 nitrogen and oxygen atoms in total. The zero-order valence-corrected chi connectivity index (χ0v) is 21.7. The molecule has 2 atom stereocenters. The molecule has 0 aliphatic carbocycles. The van der Waals surface area contributed by atoms with Crippen LogP contribution in [0.25, 0.3) is 11.2 Å². The number of carbonyl (C=O) groups excluding carboxylic acids is 2. The first-order chi connectivity index (χ1) is 17.7. The number of rotatable bonds is 13. The minimum absolute atomic E-state index is 0.0415. The summed E-state index contributed by atoms with van der Waals surface area (Å²) >= 11 is 5.95. The Morgan fingerprint density at radius 1 is 1.11 bits per heavy atom. The quantitative estimate of drug-likeness (QED) is 0.187. The van der Waals surface area contributed by atoms with E-state index in [1.807, 2.05) is 6.07 Å². The number of imidazole rings is 1. The van der Waals surface area contributed by atoms with Crippen molar-refractivity contribution >= 4 is 40.5 Å². The zero-order chi connectivity index (χ0) is 27.0. The summed E-state index contributed by atoms with van der Waals surface area (Å²) in [6.07, 6.45) is 0.269. The van der Waals surface area contributed by atoms with Crippen LogP contribution < -0.4 is 11.5 Å². The van der Waals surface area contributed by atoms with Gasteiger partial charge in [0.05, 0.1) is 38.4 Å². The Morgan fingerprint density at radius 3 is 2.35 bits per heavy atom. The standard InChI is InChI=1S/C24H31ClN6O6/c1-4-35-21(32)24(22(33)36-5-2,12-15-9-7-6-8-10-15)37-13-16(34-3)11-17(26)31-14-28-18-19(27)29-23(25)30-20(18)31/h6-10,14,16-17H,4-5,11-13,26H2,1-3H3,(H2,27,29,30). The molecule has 0 spiro atoms. The Labute approximate surface area is 219 Å². The van der Waals surface area contributed by atoms with Crippen LogP contribution in [0.3, 0.4) is 0 Å². The number of hydrogen-bond donors (Lipinski definition) is 2. The fourth-order valence-corrected chi connectivity index (χ4v) is 3.95. The first-order valence-electron chi connectivity index (χ1n) is 11.7. The lowest BCUT2D eigenvalue weighted by atomic mass is 9.94. The summed E-state index contributed by atoms with van der Waals surface area (Å²) in [7, 11) is 1.47. The second kappa shape index (κ2) is 12.8. The molecule has 0 aliphatic heterocycles. The van der Waals surface area contributed by atoms with E-state index in [1.54, 1.807) is 42.7 Å². The number of methoxy groups -OCH3 is 1. The molecule has 0 fully saturated rings. The molecule has 2 aromatic heterocycles. The second-order valence-electron chi connectivity index (χ2n) is 8.10. The summed E-state index contributed by atoms with van der Waals surface area (Å²) in [4.78, 5) is 38.6. The van der Waals surface area contributed by atoms with E-state index in [0.29, 0.717) is 16.7 Å². The van der Waals surface area contributed by atoms with Crippen LogP contribution in [0.2, 0.25) is 5.28 Å². The van der Waals surface area contributed by atoms with E-state index in [2.05, 4.69) is 15.0 Å². The van der Waals surface area contributed by atoms with E-state index in [0.717, 1.165) is 0 Å². The van der Waals surface area contributed by atoms with Gasteiger partial charge in [0.2, 0.25) is 5.28 Å². The lowest BCUT2D eigenvalue weighted by Gasteiger charge is -2.31. The molecule has 37 heavy (non-hydrogen) atoms. The number of benzene rings is 1. The molecular formula is C24H31ClN6O6. The molecule has 0 radical (unpaired) electrons. The monoisotopic (exact) mass is 534 g/mol. The van der Waals surface area contributed by atoms with Crippen LogP contribution in [0.1, 0.15) is 32.0 Å². The van der Waals surface area contributed by atoms with E-state index in [4.69, 9.17) is 42.0 Å². The number of nitrogens with two attached hydrogens (primary N) is 2. The van der Waals surface area contributed by atoms with Gasteiger partial charge in [0.1, 0.15) is 5.52 Å². The van der Waals surface area contributed by atoms with Gasteiger partial charge < -0.3 is 30.4 Å². The number of nitrogens with zero attached hydrogens (tertiary/aromatic N) is 4. The predicted octanol–water partition coefficient (Wildman–Crippen LogP) is 2.05. The van der Waals surface area contributed by atoms with Gasteiger partial charge in [0.25, 0.3) is 5.60 Å². The Hall–Kier alpha value is -3.32. The van der Waals surface area contributed by atoms with Crippen LogP contribution in [0, 0.1) is 0 Å². The van der Waals surface area contributed by atoms with Gasteiger partial charge in [-0.05, 0) is 31.0 Å². The predicted molar refractivity (Wildman–Crippen MR) is 135 cm³/mol. The van der Waals surface area contributed by atoms with Crippen molar-refractivity contribution in [1.82, 2.24) is 19.5 Å². The molecule has 13 heteroatoms. The zero-order valence-electron chi connectivity index (χ0n) is 20.9. The van der Waals surface area contributed by atoms with Crippen molar-refractivity contribution in [2.45, 2.75) is 44.6 Å². The van der Waals surface area contributed by atoms with Gasteiger partial charge in [-0.25, -0.2) is 14.6 Å². The molecule has 3 rings (SSSR count). The van der Waals surface area contributed by atoms with Crippen molar-refractivity contribution in [2.24, 2.45) is 5.73 Å². The minimum Gasteiger partial charge on any atom is -0.463 e. The van der Waals surface area contributed by atoms with E-state index in [-0.39, 0.29) is 43.8 Å². The third kappa shape index (κ3) is 6.52. The van der Waals surface area contributed by atoms with Gasteiger partial charge in [-0.15, -0.1) is 0 Å². The molecular weight excluding hydrogens is 504 g/mol. The van der Waals surface area contributed by atoms with Crippen molar-refractivity contribution in [1.29, 1.82) is 0 Å². The molecule has 1 aromatic carbocycles. The third-order valence-electron chi connectivity index (χ3n) is 5.64. The van der Waals surface area contributed by atoms with Crippen molar-refractivity contribution < 1.29 is 28.5 Å². The van der Waals surface area contributed by atoms with E-state index < -0.39 is 29.8 Å². The summed E-state index contributed by atoms with van der Waals surface area (Å²) in [5.41, 5.74) is 11.7. The maximum atomic E-state index is 13.1. The number of fused-ring (bicyclic) bond motifs is 1. The molecule has 0 bridgehead atoms. The molecule has 0 saturated heterocycles. The molecule has 4 N–H and O–H groups in total. The fourth-order valence-electron chi connectivity index (χ4n) is 3.78. The number of esters is 2. The van der Waals surface area contributed by atoms with E-state index in [1.165, 1.54) is 13.4 Å². The maximum absolute atomic E-state index is 13.1. The molecule has 0 aliphatic rings. The van der Waals surface area contributed by atoms with Gasteiger partial charge in [-0.1, -0.05) is 30.3 Å². The number of ether oxygens (including phenoxy) is 4. The van der Waals surface area contributed by atoms with Crippen molar-refractivity contribution in [3.63, 3.8) is 0 Å². The lowest BCUT2D eigenvalue weighted by Crippen LogP contribution is -2.54. The van der Waals surface area contributed by atoms with Gasteiger partial charge in [-0.3, -0.25) is 4.57 Å². The number of hydrogen-bond acceptors (Lipinski definition) is 11. The Kier molecular flexibility index (Phi) is 9.75. The number of halogens is 1. The van der Waals surface area contributed by atoms with Crippen LogP contribution >= 0.6 is 11.6 Å². The number of aromatic nitrogens is 4. The van der Waals surface area contributed by atoms with E-state index in [9.17, 15) is 9.59 Å². The summed E-state index contributed by atoms with van der Waals surface area (Å²) in [6, 6.07) is 8.98. The van der Waals surface area contributed by atoms with Gasteiger partial charge >= 0.3 is 11.9 Å². The third-order valence-corrected chi connectivity index (χ3v) is 5.81. The summed E-state index contributed by atoms with van der Waals surface area (Å²) in [6.45, 7) is 3.23. The highest BCUT2D eigenvalue weighted by molar-refractivity contribution is 6.28. The Morgan fingerprint density at radius 2 is 1.76 bits per heavy atom. The average molecular weight is 535 g/mol. The molecule has 2 heterocycles. The lowest BCUT2D eigenvalue weighted by molar-refractivity contribution is -0.195. The number of nitrogen functional groups attached to an aromatic ring is 1. The van der Waals surface area contributed by atoms with Crippen molar-refractivity contribution in [3.05, 3.63) is 47.5 Å². The van der Waals surface area contributed by atoms with Gasteiger partial charge in [0.15, 0.2) is 11.5 Å². The number of anilines is 1. The van der Waals surface area contributed by atoms with Crippen LogP contribution in [0.15, 0.2) is 36.7 Å². The van der Waals surface area contributed by atoms with Crippen LogP contribution in [0.5, 0.6) is 0 Å². The summed E-state index contributed by atoms with van der Waals surface area (Å²) in [5, 5.41) is -0.0415. The van der Waals surface area contributed by atoms with E-state index >= 15 is 0 Å². The highest BCUT2D eigenvalue weighted by atomic mass is 35.5. The van der Waals surface area contributed by atoms with Gasteiger partial charge in [0, 0.05) is 20.0 Å². The topological polar surface area (TPSA) is 167 Å². The highest BCUT2D eigenvalue weighted by Crippen LogP contribution is 2.26. The Balaban J connectivity index is 1.85. The number of carbonyl (C=O) groups is 2. The Bertz CT molecular complexity index is 1190. The largest absolute Gasteiger partial charge is 0.463 e. The fraction of sp³-hybridized carbons (Fsp3) is 0.458. The maximum Gasteiger partial charge on any atom is 0.350 e. The molecule has 3 aromatic rings. The molecule has 2 unspecified atom stereocenters. The first kappa shape index (κ1) is 28.3. The second-order valence-corrected chi connectivity index (χ2v) is 8.44. The minimum atomic E-state index is -2.04. The summed E-state index contributed by atoms with van der Waals surface area (Å²) in [5.74, 6) is -1.57. The van der Waals surface area contributed by atoms with Crippen LogP contribution in [-0.4, -0.2) is 70.1 Å². The van der Waals surface area contributed by atoms with Crippen LogP contribution in [-0.2, 0) is 35.0 Å². The smallest absolute Gasteiger partial charge is 0.350 e. The molecule has 0 saturated carbocycles. The van der Waals surface area contributed by atoms with Gasteiger partial charge in [-0.2, -0.15) is 9.97 Å².